The topological polar surface area (TPSA) is 84.8 Å². The summed E-state index contributed by atoms with van der Waals surface area (Å²) >= 11 is 4.51. The Labute approximate surface area is 179 Å². The van der Waals surface area contributed by atoms with Crippen molar-refractivity contribution in [1.29, 1.82) is 0 Å². The molecule has 4 aromatic rings. The first kappa shape index (κ1) is 19.7. The van der Waals surface area contributed by atoms with Crippen LogP contribution in [0.2, 0.25) is 0 Å². The zero-order valence-electron chi connectivity index (χ0n) is 15.6. The van der Waals surface area contributed by atoms with Gasteiger partial charge in [-0.2, -0.15) is 0 Å². The quantitative estimate of drug-likeness (QED) is 0.333. The molecule has 1 aromatic carbocycles. The molecule has 29 heavy (non-hydrogen) atoms. The third-order valence-corrected chi connectivity index (χ3v) is 6.87. The van der Waals surface area contributed by atoms with E-state index in [1.807, 2.05) is 24.4 Å². The molecule has 3 heterocycles. The van der Waals surface area contributed by atoms with Crippen LogP contribution in [0.3, 0.4) is 0 Å². The van der Waals surface area contributed by atoms with Crippen molar-refractivity contribution >= 4 is 62.0 Å². The molecule has 146 valence electrons. The lowest BCUT2D eigenvalue weighted by molar-refractivity contribution is -0.113. The zero-order valence-corrected chi connectivity index (χ0v) is 18.1. The maximum Gasteiger partial charge on any atom is 0.234 e. The minimum Gasteiger partial charge on any atom is -0.325 e. The standard InChI is InChI=1S/C20H16N4O2S3/c1-11(25)13-5-7-14(8-6-13)22-16(26)10-28-20-18-19(29-12(2)21-18)17(23-24-20)15-4-3-9-27-15/h3-9H,10H2,1-2H3,(H,22,26). The third-order valence-electron chi connectivity index (χ3n) is 4.06. The zero-order chi connectivity index (χ0) is 20.4. The van der Waals surface area contributed by atoms with Crippen LogP contribution in [-0.2, 0) is 4.79 Å². The van der Waals surface area contributed by atoms with E-state index < -0.39 is 0 Å². The van der Waals surface area contributed by atoms with Gasteiger partial charge >= 0.3 is 0 Å². The van der Waals surface area contributed by atoms with Gasteiger partial charge in [-0.25, -0.2) is 4.98 Å². The molecule has 1 amide bonds. The van der Waals surface area contributed by atoms with E-state index in [1.54, 1.807) is 46.9 Å². The molecule has 0 unspecified atom stereocenters. The lowest BCUT2D eigenvalue weighted by atomic mass is 10.1. The summed E-state index contributed by atoms with van der Waals surface area (Å²) in [7, 11) is 0. The number of rotatable bonds is 6. The maximum atomic E-state index is 12.3. The van der Waals surface area contributed by atoms with E-state index in [0.717, 1.165) is 25.8 Å². The lowest BCUT2D eigenvalue weighted by Gasteiger charge is -2.06. The monoisotopic (exact) mass is 440 g/mol. The van der Waals surface area contributed by atoms with Gasteiger partial charge in [0.05, 0.1) is 20.3 Å². The van der Waals surface area contributed by atoms with E-state index in [2.05, 4.69) is 20.5 Å². The Bertz CT molecular complexity index is 1180. The summed E-state index contributed by atoms with van der Waals surface area (Å²) in [6.45, 7) is 3.46. The number of anilines is 1. The number of hydrogen-bond acceptors (Lipinski definition) is 8. The molecule has 0 aliphatic rings. The van der Waals surface area contributed by atoms with Crippen LogP contribution in [0.1, 0.15) is 22.3 Å². The molecule has 0 bridgehead atoms. The fourth-order valence-corrected chi connectivity index (χ4v) is 5.20. The molecule has 4 rings (SSSR count). The summed E-state index contributed by atoms with van der Waals surface area (Å²) in [5, 5.41) is 15.1. The first-order chi connectivity index (χ1) is 14.0. The summed E-state index contributed by atoms with van der Waals surface area (Å²) in [6.07, 6.45) is 0. The Kier molecular flexibility index (Phi) is 5.70. The predicted molar refractivity (Wildman–Crippen MR) is 119 cm³/mol. The number of aromatic nitrogens is 3. The van der Waals surface area contributed by atoms with Crippen molar-refractivity contribution in [2.45, 2.75) is 18.9 Å². The second-order valence-corrected chi connectivity index (χ2v) is 9.33. The molecule has 0 fully saturated rings. The highest BCUT2D eigenvalue weighted by atomic mass is 32.2. The summed E-state index contributed by atoms with van der Waals surface area (Å²) < 4.78 is 0.989. The molecule has 0 saturated carbocycles. The van der Waals surface area contributed by atoms with E-state index in [-0.39, 0.29) is 17.4 Å². The molecule has 0 saturated heterocycles. The molecule has 0 spiro atoms. The van der Waals surface area contributed by atoms with Crippen molar-refractivity contribution in [3.8, 4) is 10.6 Å². The average Bonchev–Trinajstić information content (AvgIpc) is 3.36. The van der Waals surface area contributed by atoms with E-state index in [4.69, 9.17) is 0 Å². The number of fused-ring (bicyclic) bond motifs is 1. The van der Waals surface area contributed by atoms with Gasteiger partial charge in [-0.05, 0) is 49.6 Å². The van der Waals surface area contributed by atoms with Crippen molar-refractivity contribution in [2.75, 3.05) is 11.1 Å². The first-order valence-electron chi connectivity index (χ1n) is 8.72. The van der Waals surface area contributed by atoms with Gasteiger partial charge in [-0.3, -0.25) is 9.59 Å². The van der Waals surface area contributed by atoms with Crippen LogP contribution in [0.5, 0.6) is 0 Å². The number of thiophene rings is 1. The van der Waals surface area contributed by atoms with Crippen molar-refractivity contribution in [3.05, 3.63) is 52.3 Å². The fourth-order valence-electron chi connectivity index (χ4n) is 2.71. The van der Waals surface area contributed by atoms with E-state index in [1.165, 1.54) is 18.7 Å². The summed E-state index contributed by atoms with van der Waals surface area (Å²) in [5.41, 5.74) is 2.88. The van der Waals surface area contributed by atoms with Gasteiger partial charge < -0.3 is 5.32 Å². The van der Waals surface area contributed by atoms with Gasteiger partial charge in [0, 0.05) is 11.3 Å². The molecule has 0 radical (unpaired) electrons. The SMILES string of the molecule is CC(=O)c1ccc(NC(=O)CSc2nnc(-c3cccs3)c3sc(C)nc23)cc1. The molecule has 0 aliphatic heterocycles. The average molecular weight is 441 g/mol. The number of Topliss-reactive ketones (excluding diaryl/α,β-unsaturated/α-hetero) is 1. The van der Waals surface area contributed by atoms with Gasteiger partial charge in [-0.1, -0.05) is 17.8 Å². The molecule has 3 aromatic heterocycles. The van der Waals surface area contributed by atoms with Crippen LogP contribution < -0.4 is 5.32 Å². The van der Waals surface area contributed by atoms with Crippen LogP contribution in [0, 0.1) is 6.92 Å². The Hall–Kier alpha value is -2.62. The molecular formula is C20H16N4O2S3. The van der Waals surface area contributed by atoms with Gasteiger partial charge in [0.25, 0.3) is 0 Å². The molecule has 1 N–H and O–H groups in total. The lowest BCUT2D eigenvalue weighted by Crippen LogP contribution is -2.14. The Morgan fingerprint density at radius 3 is 2.62 bits per heavy atom. The van der Waals surface area contributed by atoms with Gasteiger partial charge in [0.15, 0.2) is 5.78 Å². The largest absolute Gasteiger partial charge is 0.325 e. The van der Waals surface area contributed by atoms with Gasteiger partial charge in [0.2, 0.25) is 5.91 Å². The third kappa shape index (κ3) is 4.36. The number of benzene rings is 1. The summed E-state index contributed by atoms with van der Waals surface area (Å²) in [5.74, 6) is 0.0214. The second kappa shape index (κ2) is 8.40. The van der Waals surface area contributed by atoms with E-state index >= 15 is 0 Å². The van der Waals surface area contributed by atoms with Crippen LogP contribution in [0.4, 0.5) is 5.69 Å². The number of carbonyl (C=O) groups is 2. The number of thioether (sulfide) groups is 1. The van der Waals surface area contributed by atoms with Crippen LogP contribution in [-0.4, -0.2) is 32.6 Å². The molecule has 0 aliphatic carbocycles. The summed E-state index contributed by atoms with van der Waals surface area (Å²) in [4.78, 5) is 29.3. The minimum absolute atomic E-state index is 0.00873. The highest BCUT2D eigenvalue weighted by Crippen LogP contribution is 2.36. The van der Waals surface area contributed by atoms with Crippen LogP contribution >= 0.6 is 34.4 Å². The van der Waals surface area contributed by atoms with E-state index in [9.17, 15) is 9.59 Å². The predicted octanol–water partition coefficient (Wildman–Crippen LogP) is 5.06. The molecule has 0 atom stereocenters. The number of nitrogens with zero attached hydrogens (tertiary/aromatic N) is 3. The Morgan fingerprint density at radius 2 is 1.93 bits per heavy atom. The Balaban J connectivity index is 1.49. The number of amides is 1. The minimum atomic E-state index is -0.158. The normalized spacial score (nSPS) is 11.0. The van der Waals surface area contributed by atoms with Gasteiger partial charge in [-0.15, -0.1) is 32.9 Å². The number of hydrogen-bond donors (Lipinski definition) is 1. The van der Waals surface area contributed by atoms with Crippen LogP contribution in [0.15, 0.2) is 46.8 Å². The fraction of sp³-hybridized carbons (Fsp3) is 0.150. The van der Waals surface area contributed by atoms with Crippen molar-refractivity contribution < 1.29 is 9.59 Å². The summed E-state index contributed by atoms with van der Waals surface area (Å²) in [6, 6.07) is 10.8. The number of thiazole rings is 1. The Morgan fingerprint density at radius 1 is 1.14 bits per heavy atom. The van der Waals surface area contributed by atoms with Crippen molar-refractivity contribution in [3.63, 3.8) is 0 Å². The van der Waals surface area contributed by atoms with Crippen molar-refractivity contribution in [2.24, 2.45) is 0 Å². The number of nitrogens with one attached hydrogen (secondary N) is 1. The number of ketones is 1. The first-order valence-corrected chi connectivity index (χ1v) is 11.4. The smallest absolute Gasteiger partial charge is 0.234 e. The van der Waals surface area contributed by atoms with Crippen LogP contribution in [0.25, 0.3) is 20.8 Å². The maximum absolute atomic E-state index is 12.3. The van der Waals surface area contributed by atoms with E-state index in [0.29, 0.717) is 16.3 Å². The highest BCUT2D eigenvalue weighted by molar-refractivity contribution is 8.00. The number of aryl methyl sites for hydroxylation is 1. The van der Waals surface area contributed by atoms with Gasteiger partial charge in [0.1, 0.15) is 16.2 Å². The molecular weight excluding hydrogens is 424 g/mol. The second-order valence-electron chi connectivity index (χ2n) is 6.21. The molecule has 6 nitrogen and oxygen atoms in total. The molecule has 9 heteroatoms. The highest BCUT2D eigenvalue weighted by Gasteiger charge is 2.17. The van der Waals surface area contributed by atoms with Crippen molar-refractivity contribution in [1.82, 2.24) is 15.2 Å². The number of carbonyl (C=O) groups excluding carboxylic acids is 2.